The van der Waals surface area contributed by atoms with Gasteiger partial charge in [0.05, 0.1) is 22.4 Å². The first-order chi connectivity index (χ1) is 7.20. The molecule has 0 aliphatic heterocycles. The number of hydrogen-bond donors (Lipinski definition) is 1. The Hall–Kier alpha value is -0.390. The smallest absolute Gasteiger partial charge is 0.0693 e. The molecule has 1 heterocycles. The topological polar surface area (TPSA) is 39.1 Å². The van der Waals surface area contributed by atoms with Crippen molar-refractivity contribution in [3.05, 3.63) is 16.4 Å². The van der Waals surface area contributed by atoms with Gasteiger partial charge in [0.25, 0.3) is 0 Å². The average Bonchev–Trinajstić information content (AvgIpc) is 2.55. The van der Waals surface area contributed by atoms with Crippen molar-refractivity contribution in [1.29, 1.82) is 0 Å². The van der Waals surface area contributed by atoms with Crippen LogP contribution in [-0.4, -0.2) is 30.0 Å². The summed E-state index contributed by atoms with van der Waals surface area (Å²) in [7, 11) is 3.90. The lowest BCUT2D eigenvalue weighted by molar-refractivity contribution is 0.136. The van der Waals surface area contributed by atoms with Gasteiger partial charge in [0.15, 0.2) is 0 Å². The van der Waals surface area contributed by atoms with Crippen LogP contribution in [0.1, 0.15) is 25.1 Å². The Kier molecular flexibility index (Phi) is 5.28. The van der Waals surface area contributed by atoms with Crippen LogP contribution in [0.5, 0.6) is 0 Å². The first-order valence-corrected chi connectivity index (χ1v) is 5.92. The van der Waals surface area contributed by atoms with Crippen LogP contribution < -0.4 is 5.32 Å². The van der Waals surface area contributed by atoms with Gasteiger partial charge in [-0.3, -0.25) is 4.68 Å². The van der Waals surface area contributed by atoms with Crippen molar-refractivity contribution < 1.29 is 4.74 Å². The summed E-state index contributed by atoms with van der Waals surface area (Å²) in [5, 5.41) is 7.48. The lowest BCUT2D eigenvalue weighted by Crippen LogP contribution is -2.21. The number of halogens is 1. The van der Waals surface area contributed by atoms with E-state index in [1.54, 1.807) is 0 Å². The second kappa shape index (κ2) is 6.25. The van der Waals surface area contributed by atoms with E-state index in [-0.39, 0.29) is 6.04 Å². The fraction of sp³-hybridized carbons (Fsp3) is 0.700. The van der Waals surface area contributed by atoms with Gasteiger partial charge in [0.1, 0.15) is 0 Å². The molecule has 0 aliphatic carbocycles. The van der Waals surface area contributed by atoms with Crippen molar-refractivity contribution >= 4 is 15.9 Å². The van der Waals surface area contributed by atoms with Crippen LogP contribution in [0.15, 0.2) is 10.7 Å². The van der Waals surface area contributed by atoms with Gasteiger partial charge in [-0.25, -0.2) is 0 Å². The first kappa shape index (κ1) is 12.7. The van der Waals surface area contributed by atoms with Gasteiger partial charge in [0, 0.05) is 20.3 Å². The van der Waals surface area contributed by atoms with Crippen LogP contribution in [0, 0.1) is 0 Å². The van der Waals surface area contributed by atoms with E-state index < -0.39 is 0 Å². The van der Waals surface area contributed by atoms with Gasteiger partial charge >= 0.3 is 0 Å². The number of nitrogens with one attached hydrogen (secondary N) is 1. The van der Waals surface area contributed by atoms with Crippen molar-refractivity contribution in [2.24, 2.45) is 7.05 Å². The SMILES string of the molecule is CCOCCC(NC)c1c(Br)cnn1C. The van der Waals surface area contributed by atoms with Crippen molar-refractivity contribution in [3.8, 4) is 0 Å². The molecule has 0 amide bonds. The molecule has 0 saturated carbocycles. The molecule has 1 unspecified atom stereocenters. The molecule has 0 radical (unpaired) electrons. The van der Waals surface area contributed by atoms with Crippen LogP contribution >= 0.6 is 15.9 Å². The van der Waals surface area contributed by atoms with Crippen molar-refractivity contribution in [3.63, 3.8) is 0 Å². The molecule has 0 fully saturated rings. The van der Waals surface area contributed by atoms with Gasteiger partial charge in [0.2, 0.25) is 0 Å². The molecule has 86 valence electrons. The zero-order chi connectivity index (χ0) is 11.3. The minimum absolute atomic E-state index is 0.276. The summed E-state index contributed by atoms with van der Waals surface area (Å²) in [6.45, 7) is 3.54. The first-order valence-electron chi connectivity index (χ1n) is 5.13. The van der Waals surface area contributed by atoms with Crippen LogP contribution in [-0.2, 0) is 11.8 Å². The Balaban J connectivity index is 2.65. The fourth-order valence-corrected chi connectivity index (χ4v) is 2.20. The van der Waals surface area contributed by atoms with Crippen molar-refractivity contribution in [2.75, 3.05) is 20.3 Å². The second-order valence-electron chi connectivity index (χ2n) is 3.33. The number of aromatic nitrogens is 2. The maximum absolute atomic E-state index is 5.36. The molecule has 0 aliphatic rings. The maximum Gasteiger partial charge on any atom is 0.0693 e. The molecule has 1 rings (SSSR count). The Morgan fingerprint density at radius 1 is 1.67 bits per heavy atom. The van der Waals surface area contributed by atoms with E-state index in [0.717, 1.165) is 29.8 Å². The van der Waals surface area contributed by atoms with E-state index in [1.807, 2.05) is 31.9 Å². The molecule has 1 atom stereocenters. The van der Waals surface area contributed by atoms with E-state index >= 15 is 0 Å². The summed E-state index contributed by atoms with van der Waals surface area (Å²) >= 11 is 3.50. The van der Waals surface area contributed by atoms with Crippen molar-refractivity contribution in [2.45, 2.75) is 19.4 Å². The lowest BCUT2D eigenvalue weighted by Gasteiger charge is -2.17. The molecule has 1 aromatic rings. The van der Waals surface area contributed by atoms with Gasteiger partial charge in [-0.15, -0.1) is 0 Å². The predicted molar refractivity (Wildman–Crippen MR) is 63.8 cm³/mol. The summed E-state index contributed by atoms with van der Waals surface area (Å²) in [5.74, 6) is 0. The quantitative estimate of drug-likeness (QED) is 0.806. The standard InChI is InChI=1S/C10H18BrN3O/c1-4-15-6-5-9(12-2)10-8(11)7-13-14(10)3/h7,9,12H,4-6H2,1-3H3. The highest BCUT2D eigenvalue weighted by Crippen LogP contribution is 2.24. The van der Waals surface area contributed by atoms with Gasteiger partial charge in [-0.1, -0.05) is 0 Å². The zero-order valence-corrected chi connectivity index (χ0v) is 11.0. The molecular weight excluding hydrogens is 258 g/mol. The average molecular weight is 276 g/mol. The number of ether oxygens (including phenoxy) is 1. The summed E-state index contributed by atoms with van der Waals surface area (Å²) in [6.07, 6.45) is 2.77. The van der Waals surface area contributed by atoms with E-state index in [4.69, 9.17) is 4.74 Å². The number of hydrogen-bond acceptors (Lipinski definition) is 3. The normalized spacial score (nSPS) is 13.1. The van der Waals surface area contributed by atoms with Crippen molar-refractivity contribution in [1.82, 2.24) is 15.1 Å². The second-order valence-corrected chi connectivity index (χ2v) is 4.18. The summed E-state index contributed by atoms with van der Waals surface area (Å²) in [5.41, 5.74) is 1.16. The molecule has 0 spiro atoms. The third-order valence-electron chi connectivity index (χ3n) is 2.37. The molecule has 0 saturated heterocycles. The number of nitrogens with zero attached hydrogens (tertiary/aromatic N) is 2. The van der Waals surface area contributed by atoms with E-state index in [9.17, 15) is 0 Å². The van der Waals surface area contributed by atoms with Crippen LogP contribution in [0.2, 0.25) is 0 Å². The Bertz CT molecular complexity index is 281. The van der Waals surface area contributed by atoms with Gasteiger partial charge in [-0.2, -0.15) is 5.10 Å². The third-order valence-corrected chi connectivity index (χ3v) is 2.98. The number of aryl methyl sites for hydroxylation is 1. The molecular formula is C10H18BrN3O. The van der Waals surface area contributed by atoms with Gasteiger partial charge < -0.3 is 10.1 Å². The van der Waals surface area contributed by atoms with E-state index in [1.165, 1.54) is 0 Å². The maximum atomic E-state index is 5.36. The molecule has 15 heavy (non-hydrogen) atoms. The predicted octanol–water partition coefficient (Wildman–Crippen LogP) is 1.87. The largest absolute Gasteiger partial charge is 0.382 e. The molecule has 5 heteroatoms. The minimum atomic E-state index is 0.276. The monoisotopic (exact) mass is 275 g/mol. The summed E-state index contributed by atoms with van der Waals surface area (Å²) < 4.78 is 8.29. The Morgan fingerprint density at radius 3 is 2.87 bits per heavy atom. The minimum Gasteiger partial charge on any atom is -0.382 e. The van der Waals surface area contributed by atoms with Crippen LogP contribution in [0.4, 0.5) is 0 Å². The van der Waals surface area contributed by atoms with E-state index in [0.29, 0.717) is 0 Å². The molecule has 1 aromatic heterocycles. The number of rotatable bonds is 6. The molecule has 1 N–H and O–H groups in total. The summed E-state index contributed by atoms with van der Waals surface area (Å²) in [4.78, 5) is 0. The highest BCUT2D eigenvalue weighted by molar-refractivity contribution is 9.10. The lowest BCUT2D eigenvalue weighted by atomic mass is 10.1. The Morgan fingerprint density at radius 2 is 2.40 bits per heavy atom. The van der Waals surface area contributed by atoms with Gasteiger partial charge in [-0.05, 0) is 36.3 Å². The molecule has 4 nitrogen and oxygen atoms in total. The molecule has 0 bridgehead atoms. The fourth-order valence-electron chi connectivity index (χ4n) is 1.58. The van der Waals surface area contributed by atoms with Crippen LogP contribution in [0.25, 0.3) is 0 Å². The third kappa shape index (κ3) is 3.29. The highest BCUT2D eigenvalue weighted by atomic mass is 79.9. The highest BCUT2D eigenvalue weighted by Gasteiger charge is 2.16. The molecule has 0 aromatic carbocycles. The summed E-state index contributed by atoms with van der Waals surface area (Å²) in [6, 6.07) is 0.276. The zero-order valence-electron chi connectivity index (χ0n) is 9.46. The Labute approximate surface area is 99.1 Å². The van der Waals surface area contributed by atoms with E-state index in [2.05, 4.69) is 26.3 Å². The van der Waals surface area contributed by atoms with Crippen LogP contribution in [0.3, 0.4) is 0 Å².